The predicted molar refractivity (Wildman–Crippen MR) is 156 cm³/mol. The Hall–Kier alpha value is -4.11. The summed E-state index contributed by atoms with van der Waals surface area (Å²) in [6.45, 7) is 11.4. The molecule has 3 aromatic heterocycles. The Morgan fingerprint density at radius 2 is 1.79 bits per heavy atom. The van der Waals surface area contributed by atoms with Crippen molar-refractivity contribution in [3.8, 4) is 11.3 Å². The second-order valence-electron chi connectivity index (χ2n) is 10.3. The molecule has 1 atom stereocenters. The summed E-state index contributed by atoms with van der Waals surface area (Å²) in [5.74, 6) is 1.78. The molecule has 4 aromatic rings. The fourth-order valence-electron chi connectivity index (χ4n) is 5.10. The lowest BCUT2D eigenvalue weighted by molar-refractivity contribution is 0.0964. The van der Waals surface area contributed by atoms with E-state index in [1.54, 1.807) is 25.6 Å². The molecule has 0 spiro atoms. The normalized spacial score (nSPS) is 14.9. The first-order valence-corrected chi connectivity index (χ1v) is 13.6. The van der Waals surface area contributed by atoms with Gasteiger partial charge in [-0.2, -0.15) is 0 Å². The molecular weight excluding hydrogens is 488 g/mol. The number of hydrogen-bond acceptors (Lipinski definition) is 8. The number of nitrogens with zero attached hydrogens (tertiary/aromatic N) is 6. The molecule has 39 heavy (non-hydrogen) atoms. The Kier molecular flexibility index (Phi) is 7.97. The van der Waals surface area contributed by atoms with Gasteiger partial charge in [0.05, 0.1) is 16.8 Å². The second kappa shape index (κ2) is 11.7. The number of anilines is 2. The second-order valence-corrected chi connectivity index (χ2v) is 10.3. The lowest BCUT2D eigenvalue weighted by atomic mass is 9.96. The number of rotatable bonds is 8. The Labute approximate surface area is 229 Å². The van der Waals surface area contributed by atoms with Crippen molar-refractivity contribution in [3.05, 3.63) is 72.3 Å². The molecule has 2 N–H and O–H groups in total. The van der Waals surface area contributed by atoms with Crippen molar-refractivity contribution >= 4 is 28.4 Å². The number of pyridine rings is 2. The van der Waals surface area contributed by atoms with E-state index in [9.17, 15) is 4.79 Å². The first-order chi connectivity index (χ1) is 18.9. The van der Waals surface area contributed by atoms with Crippen molar-refractivity contribution in [3.63, 3.8) is 0 Å². The Balaban J connectivity index is 1.26. The smallest absolute Gasteiger partial charge is 0.251 e. The standard InChI is InChI=1S/C30H36N8O/c1-20(2)37-12-14-38(15-13-37)28-9-8-22(18-34-28)26-16-27(36-19-35-26)33-17-21(3)23-6-5-7-24-25(30(39)31-4)10-11-32-29(23)24/h5-11,16,18-21H,12-15,17H2,1-4H3,(H,31,39)(H,33,35,36)/t21-/m1/s1. The number of aromatic nitrogens is 4. The molecule has 1 fully saturated rings. The summed E-state index contributed by atoms with van der Waals surface area (Å²) in [6, 6.07) is 14.4. The third kappa shape index (κ3) is 5.83. The number of hydrogen-bond donors (Lipinski definition) is 2. The van der Waals surface area contributed by atoms with E-state index in [1.165, 1.54) is 0 Å². The van der Waals surface area contributed by atoms with E-state index in [0.29, 0.717) is 18.2 Å². The van der Waals surface area contributed by atoms with Gasteiger partial charge in [0.1, 0.15) is 18.0 Å². The van der Waals surface area contributed by atoms with Crippen molar-refractivity contribution in [2.45, 2.75) is 32.7 Å². The highest BCUT2D eigenvalue weighted by atomic mass is 16.1. The zero-order chi connectivity index (χ0) is 27.4. The van der Waals surface area contributed by atoms with E-state index in [1.807, 2.05) is 24.4 Å². The van der Waals surface area contributed by atoms with Crippen LogP contribution < -0.4 is 15.5 Å². The SMILES string of the molecule is CNC(=O)c1ccnc2c([C@H](C)CNc3cc(-c4ccc(N5CCN(C(C)C)CC5)nc4)ncn3)cccc12. The minimum absolute atomic E-state index is 0.116. The maximum absolute atomic E-state index is 12.3. The van der Waals surface area contributed by atoms with Crippen LogP contribution in [0.2, 0.25) is 0 Å². The number of fused-ring (bicyclic) bond motifs is 1. The average molecular weight is 525 g/mol. The molecule has 1 amide bonds. The molecule has 1 aliphatic rings. The number of para-hydroxylation sites is 1. The third-order valence-corrected chi connectivity index (χ3v) is 7.47. The van der Waals surface area contributed by atoms with Gasteiger partial charge in [-0.15, -0.1) is 0 Å². The van der Waals surface area contributed by atoms with E-state index in [4.69, 9.17) is 4.98 Å². The van der Waals surface area contributed by atoms with Crippen molar-refractivity contribution in [2.24, 2.45) is 0 Å². The number of carbonyl (C=O) groups excluding carboxylic acids is 1. The Morgan fingerprint density at radius 3 is 2.51 bits per heavy atom. The predicted octanol–water partition coefficient (Wildman–Crippen LogP) is 4.19. The minimum atomic E-state index is -0.116. The van der Waals surface area contributed by atoms with Gasteiger partial charge >= 0.3 is 0 Å². The number of amides is 1. The molecule has 0 saturated carbocycles. The van der Waals surface area contributed by atoms with Gasteiger partial charge in [0.2, 0.25) is 0 Å². The maximum Gasteiger partial charge on any atom is 0.251 e. The molecule has 1 aliphatic heterocycles. The summed E-state index contributed by atoms with van der Waals surface area (Å²) < 4.78 is 0. The molecule has 4 heterocycles. The number of nitrogens with one attached hydrogen (secondary N) is 2. The summed E-state index contributed by atoms with van der Waals surface area (Å²) >= 11 is 0. The largest absolute Gasteiger partial charge is 0.369 e. The first kappa shape index (κ1) is 26.5. The highest BCUT2D eigenvalue weighted by molar-refractivity contribution is 6.06. The third-order valence-electron chi connectivity index (χ3n) is 7.47. The van der Waals surface area contributed by atoms with Crippen LogP contribution >= 0.6 is 0 Å². The van der Waals surface area contributed by atoms with Crippen LogP contribution in [0.4, 0.5) is 11.6 Å². The van der Waals surface area contributed by atoms with Crippen LogP contribution in [0.25, 0.3) is 22.2 Å². The minimum Gasteiger partial charge on any atom is -0.369 e. The summed E-state index contributed by atoms with van der Waals surface area (Å²) in [5.41, 5.74) is 4.33. The average Bonchev–Trinajstić information content (AvgIpc) is 2.99. The quantitative estimate of drug-likeness (QED) is 0.354. The first-order valence-electron chi connectivity index (χ1n) is 13.6. The molecule has 0 radical (unpaired) electrons. The molecule has 1 saturated heterocycles. The highest BCUT2D eigenvalue weighted by Crippen LogP contribution is 2.27. The Bertz CT molecular complexity index is 1430. The zero-order valence-electron chi connectivity index (χ0n) is 23.1. The molecule has 1 aromatic carbocycles. The summed E-state index contributed by atoms with van der Waals surface area (Å²) in [5, 5.41) is 7.01. The summed E-state index contributed by atoms with van der Waals surface area (Å²) in [6.07, 6.45) is 5.17. The Morgan fingerprint density at radius 1 is 0.974 bits per heavy atom. The van der Waals surface area contributed by atoms with Crippen LogP contribution in [0.5, 0.6) is 0 Å². The summed E-state index contributed by atoms with van der Waals surface area (Å²) in [7, 11) is 1.64. The molecular formula is C30H36N8O. The fourth-order valence-corrected chi connectivity index (χ4v) is 5.10. The lowest BCUT2D eigenvalue weighted by Crippen LogP contribution is -2.49. The van der Waals surface area contributed by atoms with Crippen LogP contribution in [0.1, 0.15) is 42.6 Å². The zero-order valence-corrected chi connectivity index (χ0v) is 23.1. The molecule has 0 unspecified atom stereocenters. The van der Waals surface area contributed by atoms with Gasteiger partial charge in [-0.3, -0.25) is 14.7 Å². The van der Waals surface area contributed by atoms with Crippen molar-refractivity contribution in [1.29, 1.82) is 0 Å². The van der Waals surface area contributed by atoms with Gasteiger partial charge in [0.15, 0.2) is 0 Å². The van der Waals surface area contributed by atoms with E-state index in [2.05, 4.69) is 74.4 Å². The van der Waals surface area contributed by atoms with Crippen molar-refractivity contribution < 1.29 is 4.79 Å². The van der Waals surface area contributed by atoms with Crippen LogP contribution in [-0.4, -0.2) is 76.6 Å². The van der Waals surface area contributed by atoms with Crippen molar-refractivity contribution in [2.75, 3.05) is 50.0 Å². The summed E-state index contributed by atoms with van der Waals surface area (Å²) in [4.78, 5) is 35.4. The van der Waals surface area contributed by atoms with Gasteiger partial charge in [-0.05, 0) is 37.6 Å². The van der Waals surface area contributed by atoms with E-state index in [0.717, 1.165) is 65.5 Å². The highest BCUT2D eigenvalue weighted by Gasteiger charge is 2.20. The number of benzene rings is 1. The monoisotopic (exact) mass is 524 g/mol. The van der Waals surface area contributed by atoms with Crippen LogP contribution in [0.15, 0.2) is 61.2 Å². The van der Waals surface area contributed by atoms with E-state index in [-0.39, 0.29) is 11.8 Å². The van der Waals surface area contributed by atoms with E-state index >= 15 is 0 Å². The lowest BCUT2D eigenvalue weighted by Gasteiger charge is -2.37. The molecule has 202 valence electrons. The molecule has 9 heteroatoms. The van der Waals surface area contributed by atoms with Crippen molar-refractivity contribution in [1.82, 2.24) is 30.2 Å². The van der Waals surface area contributed by atoms with Crippen LogP contribution in [0.3, 0.4) is 0 Å². The molecule has 9 nitrogen and oxygen atoms in total. The molecule has 0 bridgehead atoms. The maximum atomic E-state index is 12.3. The van der Waals surface area contributed by atoms with Gasteiger partial charge in [0, 0.05) is 81.1 Å². The molecule has 5 rings (SSSR count). The van der Waals surface area contributed by atoms with Crippen LogP contribution in [-0.2, 0) is 0 Å². The van der Waals surface area contributed by atoms with Gasteiger partial charge < -0.3 is 15.5 Å². The topological polar surface area (TPSA) is 99.2 Å². The van der Waals surface area contributed by atoms with E-state index < -0.39 is 0 Å². The van der Waals surface area contributed by atoms with Gasteiger partial charge in [-0.1, -0.05) is 25.1 Å². The van der Waals surface area contributed by atoms with Gasteiger partial charge in [0.25, 0.3) is 5.91 Å². The van der Waals surface area contributed by atoms with Crippen LogP contribution in [0, 0.1) is 0 Å². The number of piperazine rings is 1. The fraction of sp³-hybridized carbons (Fsp3) is 0.367. The van der Waals surface area contributed by atoms with Gasteiger partial charge in [-0.25, -0.2) is 15.0 Å². The molecule has 0 aliphatic carbocycles. The number of carbonyl (C=O) groups is 1.